The second-order valence-electron chi connectivity index (χ2n) is 8.22. The molecule has 32 heavy (non-hydrogen) atoms. The first-order valence-electron chi connectivity index (χ1n) is 10.9. The Bertz CT molecular complexity index is 1240. The first-order valence-corrected chi connectivity index (χ1v) is 11.7. The van der Waals surface area contributed by atoms with Crippen molar-refractivity contribution in [2.75, 3.05) is 25.1 Å². The van der Waals surface area contributed by atoms with Gasteiger partial charge in [0.2, 0.25) is 11.9 Å². The van der Waals surface area contributed by atoms with Gasteiger partial charge in [0.25, 0.3) is 0 Å². The van der Waals surface area contributed by atoms with Crippen molar-refractivity contribution in [1.82, 2.24) is 15.3 Å². The number of ether oxygens (including phenoxy) is 1. The van der Waals surface area contributed by atoms with Crippen molar-refractivity contribution < 1.29 is 9.53 Å². The first-order chi connectivity index (χ1) is 15.6. The van der Waals surface area contributed by atoms with Crippen LogP contribution >= 0.6 is 11.3 Å². The topological polar surface area (TPSA) is 67.3 Å². The average Bonchev–Trinajstić information content (AvgIpc) is 3.25. The van der Waals surface area contributed by atoms with E-state index in [1.165, 1.54) is 15.0 Å². The van der Waals surface area contributed by atoms with Crippen LogP contribution in [0.5, 0.6) is 5.75 Å². The molecule has 5 rings (SSSR count). The Balaban J connectivity index is 1.21. The number of carbonyl (C=O) groups is 1. The van der Waals surface area contributed by atoms with E-state index >= 15 is 0 Å². The number of aryl methyl sites for hydroxylation is 1. The third-order valence-corrected chi connectivity index (χ3v) is 7.26. The highest BCUT2D eigenvalue weighted by Crippen LogP contribution is 2.27. The van der Waals surface area contributed by atoms with E-state index in [0.29, 0.717) is 6.54 Å². The van der Waals surface area contributed by atoms with Gasteiger partial charge in [-0.3, -0.25) is 4.79 Å². The van der Waals surface area contributed by atoms with Crippen LogP contribution in [0.4, 0.5) is 5.95 Å². The molecule has 0 unspecified atom stereocenters. The normalized spacial score (nSPS) is 14.8. The van der Waals surface area contributed by atoms with E-state index in [9.17, 15) is 4.79 Å². The molecule has 4 aromatic rings. The van der Waals surface area contributed by atoms with Crippen LogP contribution in [0.2, 0.25) is 0 Å². The van der Waals surface area contributed by atoms with Crippen molar-refractivity contribution in [2.45, 2.75) is 26.3 Å². The number of nitrogens with zero attached hydrogens (tertiary/aromatic N) is 3. The van der Waals surface area contributed by atoms with Crippen molar-refractivity contribution in [3.05, 3.63) is 59.1 Å². The molecule has 7 heteroatoms. The second-order valence-corrected chi connectivity index (χ2v) is 9.39. The Morgan fingerprint density at radius 3 is 2.75 bits per heavy atom. The van der Waals surface area contributed by atoms with Crippen LogP contribution < -0.4 is 15.0 Å². The zero-order valence-corrected chi connectivity index (χ0v) is 19.1. The van der Waals surface area contributed by atoms with Crippen LogP contribution in [0.1, 0.15) is 23.4 Å². The fourth-order valence-corrected chi connectivity index (χ4v) is 5.31. The highest BCUT2D eigenvalue weighted by Gasteiger charge is 2.26. The quantitative estimate of drug-likeness (QED) is 0.482. The Labute approximate surface area is 191 Å². The molecule has 1 saturated heterocycles. The molecule has 1 amide bonds. The van der Waals surface area contributed by atoms with Crippen molar-refractivity contribution in [3.8, 4) is 5.75 Å². The van der Waals surface area contributed by atoms with E-state index < -0.39 is 0 Å². The molecule has 2 aromatic heterocycles. The molecule has 0 atom stereocenters. The summed E-state index contributed by atoms with van der Waals surface area (Å²) in [7, 11) is 1.66. The van der Waals surface area contributed by atoms with E-state index in [1.807, 2.05) is 37.3 Å². The number of hydrogen-bond acceptors (Lipinski definition) is 6. The first kappa shape index (κ1) is 20.7. The molecule has 0 bridgehead atoms. The van der Waals surface area contributed by atoms with Crippen LogP contribution in [0.15, 0.2) is 48.5 Å². The molecule has 2 aromatic carbocycles. The number of rotatable bonds is 5. The number of thiophene rings is 1. The van der Waals surface area contributed by atoms with E-state index in [2.05, 4.69) is 28.4 Å². The van der Waals surface area contributed by atoms with Gasteiger partial charge in [-0.25, -0.2) is 9.97 Å². The van der Waals surface area contributed by atoms with Gasteiger partial charge in [0.05, 0.1) is 24.9 Å². The summed E-state index contributed by atoms with van der Waals surface area (Å²) in [5, 5.41) is 5.41. The summed E-state index contributed by atoms with van der Waals surface area (Å²) in [5.74, 6) is 1.69. The fourth-order valence-electron chi connectivity index (χ4n) is 4.31. The van der Waals surface area contributed by atoms with Crippen LogP contribution in [0, 0.1) is 12.8 Å². The molecule has 164 valence electrons. The molecule has 3 heterocycles. The molecule has 1 N–H and O–H groups in total. The molecular weight excluding hydrogens is 420 g/mol. The fraction of sp³-hybridized carbons (Fsp3) is 0.320. The maximum absolute atomic E-state index is 12.8. The van der Waals surface area contributed by atoms with Gasteiger partial charge in [0.1, 0.15) is 5.75 Å². The van der Waals surface area contributed by atoms with E-state index in [4.69, 9.17) is 14.7 Å². The zero-order valence-electron chi connectivity index (χ0n) is 18.3. The Morgan fingerprint density at radius 2 is 1.97 bits per heavy atom. The van der Waals surface area contributed by atoms with Crippen molar-refractivity contribution >= 4 is 44.2 Å². The second kappa shape index (κ2) is 8.74. The highest BCUT2D eigenvalue weighted by molar-refractivity contribution is 7.19. The van der Waals surface area contributed by atoms with Crippen LogP contribution in [-0.2, 0) is 11.3 Å². The molecule has 0 saturated carbocycles. The smallest absolute Gasteiger partial charge is 0.226 e. The Hall–Kier alpha value is -3.19. The van der Waals surface area contributed by atoms with E-state index in [-0.39, 0.29) is 11.8 Å². The number of aromatic nitrogens is 2. The average molecular weight is 447 g/mol. The lowest BCUT2D eigenvalue weighted by Crippen LogP contribution is -2.41. The number of nitrogens with one attached hydrogen (secondary N) is 1. The molecule has 0 aliphatic carbocycles. The lowest BCUT2D eigenvalue weighted by molar-refractivity contribution is -0.125. The number of carbonyl (C=O) groups excluding carboxylic acids is 1. The van der Waals surface area contributed by atoms with Gasteiger partial charge in [0.15, 0.2) is 0 Å². The summed E-state index contributed by atoms with van der Waals surface area (Å²) in [6.07, 6.45) is 1.60. The maximum atomic E-state index is 12.8. The van der Waals surface area contributed by atoms with Gasteiger partial charge in [-0.2, -0.15) is 0 Å². The predicted octanol–water partition coefficient (Wildman–Crippen LogP) is 4.69. The number of benzene rings is 2. The van der Waals surface area contributed by atoms with Crippen LogP contribution in [0.3, 0.4) is 0 Å². The minimum Gasteiger partial charge on any atom is -0.497 e. The van der Waals surface area contributed by atoms with Gasteiger partial charge < -0.3 is 15.0 Å². The van der Waals surface area contributed by atoms with Gasteiger partial charge in [-0.1, -0.05) is 18.2 Å². The standard InChI is InChI=1S/C25H26N4O2S/c1-16-21-8-7-19(31-2)14-22(21)28-25(27-16)29-11-9-17(10-12-29)24(30)26-15-20-13-18-5-3-4-6-23(18)32-20/h3-8,13-14,17H,9-12,15H2,1-2H3,(H,26,30). The van der Waals surface area contributed by atoms with E-state index in [0.717, 1.165) is 54.2 Å². The Kier molecular flexibility index (Phi) is 5.66. The molecule has 1 aliphatic rings. The van der Waals surface area contributed by atoms with Gasteiger partial charge in [-0.15, -0.1) is 11.3 Å². The summed E-state index contributed by atoms with van der Waals surface area (Å²) in [6.45, 7) is 4.15. The van der Waals surface area contributed by atoms with Crippen LogP contribution in [0.25, 0.3) is 21.0 Å². The number of fused-ring (bicyclic) bond motifs is 2. The zero-order chi connectivity index (χ0) is 22.1. The summed E-state index contributed by atoms with van der Waals surface area (Å²) < 4.78 is 6.60. The van der Waals surface area contributed by atoms with Gasteiger partial charge in [-0.05, 0) is 49.4 Å². The van der Waals surface area contributed by atoms with E-state index in [1.54, 1.807) is 18.4 Å². The molecule has 1 fully saturated rings. The Morgan fingerprint density at radius 1 is 1.16 bits per heavy atom. The number of piperidine rings is 1. The van der Waals surface area contributed by atoms with Gasteiger partial charge >= 0.3 is 0 Å². The number of amides is 1. The van der Waals surface area contributed by atoms with Crippen molar-refractivity contribution in [1.29, 1.82) is 0 Å². The molecule has 6 nitrogen and oxygen atoms in total. The molecular formula is C25H26N4O2S. The lowest BCUT2D eigenvalue weighted by Gasteiger charge is -2.31. The monoisotopic (exact) mass is 446 g/mol. The number of hydrogen-bond donors (Lipinski definition) is 1. The minimum atomic E-state index is 0.0299. The third-order valence-electron chi connectivity index (χ3n) is 6.14. The van der Waals surface area contributed by atoms with Crippen molar-refractivity contribution in [2.24, 2.45) is 5.92 Å². The predicted molar refractivity (Wildman–Crippen MR) is 129 cm³/mol. The third kappa shape index (κ3) is 4.12. The lowest BCUT2D eigenvalue weighted by atomic mass is 9.96. The summed E-state index contributed by atoms with van der Waals surface area (Å²) in [6, 6.07) is 16.4. The minimum absolute atomic E-state index is 0.0299. The summed E-state index contributed by atoms with van der Waals surface area (Å²) >= 11 is 1.74. The summed E-state index contributed by atoms with van der Waals surface area (Å²) in [4.78, 5) is 25.6. The molecule has 1 aliphatic heterocycles. The highest BCUT2D eigenvalue weighted by atomic mass is 32.1. The maximum Gasteiger partial charge on any atom is 0.226 e. The number of anilines is 1. The van der Waals surface area contributed by atoms with Crippen molar-refractivity contribution in [3.63, 3.8) is 0 Å². The molecule has 0 radical (unpaired) electrons. The molecule has 0 spiro atoms. The largest absolute Gasteiger partial charge is 0.497 e. The number of methoxy groups -OCH3 is 1. The summed E-state index contributed by atoms with van der Waals surface area (Å²) in [5.41, 5.74) is 1.84. The SMILES string of the molecule is COc1ccc2c(C)nc(N3CCC(C(=O)NCc4cc5ccccc5s4)CC3)nc2c1. The van der Waals surface area contributed by atoms with Crippen LogP contribution in [-0.4, -0.2) is 36.1 Å². The van der Waals surface area contributed by atoms with Gasteiger partial charge in [0, 0.05) is 40.0 Å².